The molecule has 1 saturated heterocycles. The first kappa shape index (κ1) is 15.6. The summed E-state index contributed by atoms with van der Waals surface area (Å²) in [4.78, 5) is 21.7. The minimum Gasteiger partial charge on any atom is -0.343 e. The van der Waals surface area contributed by atoms with Gasteiger partial charge in [-0.15, -0.1) is 0 Å². The SMILES string of the molecule is O=C(c1ccc(F)cc1)N1CCCC(c2cc(-c3ncc[nH]3)n[nH]2)C1. The van der Waals surface area contributed by atoms with Crippen molar-refractivity contribution in [2.45, 2.75) is 18.8 Å². The van der Waals surface area contributed by atoms with Crippen molar-refractivity contribution in [2.24, 2.45) is 0 Å². The summed E-state index contributed by atoms with van der Waals surface area (Å²) in [5.41, 5.74) is 2.29. The molecule has 1 atom stereocenters. The molecular formula is C18H18FN5O. The maximum Gasteiger partial charge on any atom is 0.253 e. The molecule has 1 amide bonds. The van der Waals surface area contributed by atoms with Gasteiger partial charge < -0.3 is 9.88 Å². The lowest BCUT2D eigenvalue weighted by Gasteiger charge is -2.32. The Morgan fingerprint density at radius 3 is 2.88 bits per heavy atom. The van der Waals surface area contributed by atoms with Gasteiger partial charge in [0.05, 0.1) is 0 Å². The summed E-state index contributed by atoms with van der Waals surface area (Å²) in [6, 6.07) is 7.69. The van der Waals surface area contributed by atoms with E-state index < -0.39 is 0 Å². The zero-order chi connectivity index (χ0) is 17.2. The number of halogens is 1. The van der Waals surface area contributed by atoms with Crippen LogP contribution in [0.15, 0.2) is 42.7 Å². The van der Waals surface area contributed by atoms with E-state index in [0.717, 1.165) is 30.1 Å². The normalized spacial score (nSPS) is 17.6. The number of nitrogens with zero attached hydrogens (tertiary/aromatic N) is 3. The van der Waals surface area contributed by atoms with Gasteiger partial charge in [0.1, 0.15) is 11.5 Å². The molecule has 4 rings (SSSR count). The van der Waals surface area contributed by atoms with Crippen LogP contribution in [-0.4, -0.2) is 44.1 Å². The number of hydrogen-bond acceptors (Lipinski definition) is 3. The quantitative estimate of drug-likeness (QED) is 0.770. The molecule has 6 nitrogen and oxygen atoms in total. The molecular weight excluding hydrogens is 321 g/mol. The number of benzene rings is 1. The van der Waals surface area contributed by atoms with Gasteiger partial charge in [-0.3, -0.25) is 9.89 Å². The van der Waals surface area contributed by atoms with Crippen LogP contribution in [-0.2, 0) is 0 Å². The fraction of sp³-hybridized carbons (Fsp3) is 0.278. The van der Waals surface area contributed by atoms with Crippen LogP contribution in [0.4, 0.5) is 4.39 Å². The van der Waals surface area contributed by atoms with E-state index in [9.17, 15) is 9.18 Å². The largest absolute Gasteiger partial charge is 0.343 e. The second-order valence-electron chi connectivity index (χ2n) is 6.24. The van der Waals surface area contributed by atoms with Crippen molar-refractivity contribution in [3.8, 4) is 11.5 Å². The van der Waals surface area contributed by atoms with Gasteiger partial charge in [0.25, 0.3) is 5.91 Å². The van der Waals surface area contributed by atoms with Gasteiger partial charge in [0.2, 0.25) is 0 Å². The number of piperidine rings is 1. The van der Waals surface area contributed by atoms with Gasteiger partial charge in [-0.05, 0) is 43.2 Å². The van der Waals surface area contributed by atoms with Gasteiger partial charge in [-0.2, -0.15) is 5.10 Å². The summed E-state index contributed by atoms with van der Waals surface area (Å²) in [5, 5.41) is 7.38. The van der Waals surface area contributed by atoms with Crippen LogP contribution >= 0.6 is 0 Å². The molecule has 128 valence electrons. The van der Waals surface area contributed by atoms with Crippen molar-refractivity contribution in [1.29, 1.82) is 0 Å². The summed E-state index contributed by atoms with van der Waals surface area (Å²) in [7, 11) is 0. The number of H-pyrrole nitrogens is 2. The molecule has 0 bridgehead atoms. The number of nitrogens with one attached hydrogen (secondary N) is 2. The Labute approximate surface area is 144 Å². The summed E-state index contributed by atoms with van der Waals surface area (Å²) in [6.45, 7) is 1.34. The van der Waals surface area contributed by atoms with Gasteiger partial charge in [-0.1, -0.05) is 0 Å². The topological polar surface area (TPSA) is 77.7 Å². The highest BCUT2D eigenvalue weighted by Gasteiger charge is 2.27. The van der Waals surface area contributed by atoms with Crippen LogP contribution in [0, 0.1) is 5.82 Å². The number of carbonyl (C=O) groups is 1. The molecule has 0 aliphatic carbocycles. The number of amides is 1. The molecule has 0 saturated carbocycles. The van der Waals surface area contributed by atoms with E-state index in [1.54, 1.807) is 12.4 Å². The Morgan fingerprint density at radius 2 is 2.12 bits per heavy atom. The first-order valence-corrected chi connectivity index (χ1v) is 8.30. The number of hydrogen-bond donors (Lipinski definition) is 2. The van der Waals surface area contributed by atoms with E-state index in [-0.39, 0.29) is 17.6 Å². The number of aromatic nitrogens is 4. The maximum absolute atomic E-state index is 13.1. The monoisotopic (exact) mass is 339 g/mol. The van der Waals surface area contributed by atoms with E-state index in [2.05, 4.69) is 20.2 Å². The Bertz CT molecular complexity index is 856. The molecule has 3 heterocycles. The van der Waals surface area contributed by atoms with Gasteiger partial charge in [0, 0.05) is 42.7 Å². The Kier molecular flexibility index (Phi) is 4.05. The van der Waals surface area contributed by atoms with Crippen molar-refractivity contribution >= 4 is 5.91 Å². The molecule has 0 spiro atoms. The molecule has 1 fully saturated rings. The van der Waals surface area contributed by atoms with E-state index >= 15 is 0 Å². The number of carbonyl (C=O) groups excluding carboxylic acids is 1. The molecule has 0 radical (unpaired) electrons. The Balaban J connectivity index is 1.49. The molecule has 1 unspecified atom stereocenters. The predicted octanol–water partition coefficient (Wildman–Crippen LogP) is 2.96. The zero-order valence-corrected chi connectivity index (χ0v) is 13.6. The third kappa shape index (κ3) is 3.17. The average Bonchev–Trinajstić information content (AvgIpc) is 3.33. The smallest absolute Gasteiger partial charge is 0.253 e. The number of imidazole rings is 1. The first-order valence-electron chi connectivity index (χ1n) is 8.30. The summed E-state index contributed by atoms with van der Waals surface area (Å²) < 4.78 is 13.1. The summed E-state index contributed by atoms with van der Waals surface area (Å²) >= 11 is 0. The molecule has 2 aromatic heterocycles. The second-order valence-corrected chi connectivity index (χ2v) is 6.24. The lowest BCUT2D eigenvalue weighted by atomic mass is 9.94. The molecule has 1 aliphatic heterocycles. The van der Waals surface area contributed by atoms with Crippen LogP contribution in [0.3, 0.4) is 0 Å². The van der Waals surface area contributed by atoms with E-state index in [1.165, 1.54) is 24.3 Å². The maximum atomic E-state index is 13.1. The lowest BCUT2D eigenvalue weighted by Crippen LogP contribution is -2.39. The molecule has 1 aromatic carbocycles. The second kappa shape index (κ2) is 6.51. The first-order chi connectivity index (χ1) is 12.2. The van der Waals surface area contributed by atoms with Crippen LogP contribution in [0.2, 0.25) is 0 Å². The Hall–Kier alpha value is -2.96. The summed E-state index contributed by atoms with van der Waals surface area (Å²) in [6.07, 6.45) is 5.36. The van der Waals surface area contributed by atoms with Crippen molar-refractivity contribution < 1.29 is 9.18 Å². The van der Waals surface area contributed by atoms with Crippen molar-refractivity contribution in [3.63, 3.8) is 0 Å². The number of rotatable bonds is 3. The van der Waals surface area contributed by atoms with Crippen LogP contribution in [0.1, 0.15) is 34.8 Å². The minimum atomic E-state index is -0.337. The van der Waals surface area contributed by atoms with Crippen molar-refractivity contribution in [2.75, 3.05) is 13.1 Å². The zero-order valence-electron chi connectivity index (χ0n) is 13.6. The third-order valence-corrected chi connectivity index (χ3v) is 4.58. The molecule has 7 heteroatoms. The highest BCUT2D eigenvalue weighted by Crippen LogP contribution is 2.28. The van der Waals surface area contributed by atoms with E-state index in [4.69, 9.17) is 0 Å². The fourth-order valence-electron chi connectivity index (χ4n) is 3.26. The minimum absolute atomic E-state index is 0.0597. The van der Waals surface area contributed by atoms with E-state index in [1.807, 2.05) is 11.0 Å². The van der Waals surface area contributed by atoms with E-state index in [0.29, 0.717) is 18.7 Å². The number of likely N-dealkylation sites (tertiary alicyclic amines) is 1. The lowest BCUT2D eigenvalue weighted by molar-refractivity contribution is 0.0706. The molecule has 2 N–H and O–H groups in total. The van der Waals surface area contributed by atoms with Gasteiger partial charge in [-0.25, -0.2) is 9.37 Å². The van der Waals surface area contributed by atoms with Crippen LogP contribution in [0.5, 0.6) is 0 Å². The van der Waals surface area contributed by atoms with Crippen molar-refractivity contribution in [3.05, 3.63) is 59.8 Å². The highest BCUT2D eigenvalue weighted by atomic mass is 19.1. The van der Waals surface area contributed by atoms with Gasteiger partial charge >= 0.3 is 0 Å². The third-order valence-electron chi connectivity index (χ3n) is 4.58. The van der Waals surface area contributed by atoms with Crippen LogP contribution in [0.25, 0.3) is 11.5 Å². The number of aromatic amines is 2. The Morgan fingerprint density at radius 1 is 1.28 bits per heavy atom. The molecule has 1 aliphatic rings. The molecule has 25 heavy (non-hydrogen) atoms. The highest BCUT2D eigenvalue weighted by molar-refractivity contribution is 5.94. The molecule has 3 aromatic rings. The predicted molar refractivity (Wildman–Crippen MR) is 90.4 cm³/mol. The fourth-order valence-corrected chi connectivity index (χ4v) is 3.26. The average molecular weight is 339 g/mol. The van der Waals surface area contributed by atoms with Crippen molar-refractivity contribution in [1.82, 2.24) is 25.1 Å². The summed E-state index contributed by atoms with van der Waals surface area (Å²) in [5.74, 6) is 0.526. The van der Waals surface area contributed by atoms with Gasteiger partial charge in [0.15, 0.2) is 5.82 Å². The standard InChI is InChI=1S/C18H18FN5O/c19-14-5-3-12(4-6-14)18(25)24-9-1-2-13(11-24)15-10-16(23-22-15)17-20-7-8-21-17/h3-8,10,13H,1-2,9,11H2,(H,20,21)(H,22,23). The van der Waals surface area contributed by atoms with Crippen LogP contribution < -0.4 is 0 Å².